The first-order chi connectivity index (χ1) is 11.4. The van der Waals surface area contributed by atoms with Crippen molar-refractivity contribution in [2.45, 2.75) is 20.0 Å². The van der Waals surface area contributed by atoms with Gasteiger partial charge in [-0.05, 0) is 30.3 Å². The zero-order valence-corrected chi connectivity index (χ0v) is 13.1. The Labute approximate surface area is 137 Å². The molecule has 0 aliphatic heterocycles. The fourth-order valence-corrected chi connectivity index (χ4v) is 2.02. The highest BCUT2D eigenvalue weighted by molar-refractivity contribution is 5.92. The lowest BCUT2D eigenvalue weighted by Crippen LogP contribution is -2.04. The lowest BCUT2D eigenvalue weighted by molar-refractivity contribution is -0.137. The van der Waals surface area contributed by atoms with E-state index in [2.05, 4.69) is 9.97 Å². The van der Waals surface area contributed by atoms with Crippen molar-refractivity contribution < 1.29 is 17.9 Å². The number of halogens is 3. The Morgan fingerprint density at radius 3 is 2.42 bits per heavy atom. The number of hydrogen-bond acceptors (Lipinski definition) is 4. The molecule has 3 rings (SSSR count). The smallest absolute Gasteiger partial charge is 0.416 e. The first kappa shape index (κ1) is 17.5. The van der Waals surface area contributed by atoms with Gasteiger partial charge in [0, 0.05) is 0 Å². The molecule has 0 spiro atoms. The molecule has 0 fully saturated rings. The third kappa shape index (κ3) is 3.73. The summed E-state index contributed by atoms with van der Waals surface area (Å²) in [6, 6.07) is 9.65. The van der Waals surface area contributed by atoms with Crippen molar-refractivity contribution in [3.63, 3.8) is 0 Å². The maximum Gasteiger partial charge on any atom is 0.416 e. The van der Waals surface area contributed by atoms with E-state index in [9.17, 15) is 13.2 Å². The average molecular weight is 335 g/mol. The van der Waals surface area contributed by atoms with Crippen molar-refractivity contribution in [2.24, 2.45) is 0 Å². The van der Waals surface area contributed by atoms with E-state index < -0.39 is 11.7 Å². The summed E-state index contributed by atoms with van der Waals surface area (Å²) in [6.45, 7) is 4.00. The predicted octanol–water partition coefficient (Wildman–Crippen LogP) is 5.05. The highest BCUT2D eigenvalue weighted by atomic mass is 19.4. The quantitative estimate of drug-likeness (QED) is 0.666. The first-order valence-corrected chi connectivity index (χ1v) is 7.29. The minimum atomic E-state index is -4.43. The Kier molecular flexibility index (Phi) is 5.23. The summed E-state index contributed by atoms with van der Waals surface area (Å²) in [6.07, 6.45) is -3.18. The van der Waals surface area contributed by atoms with Gasteiger partial charge in [-0.1, -0.05) is 26.0 Å². The van der Waals surface area contributed by atoms with Crippen LogP contribution in [0.15, 0.2) is 48.8 Å². The van der Waals surface area contributed by atoms with E-state index in [-0.39, 0.29) is 11.6 Å². The molecule has 0 radical (unpaired) electrons. The molecule has 7 heteroatoms. The number of nitrogens with zero attached hydrogens (tertiary/aromatic N) is 2. The van der Waals surface area contributed by atoms with Gasteiger partial charge in [0.05, 0.1) is 16.6 Å². The van der Waals surface area contributed by atoms with Crippen LogP contribution in [0, 0.1) is 0 Å². The number of aromatic nitrogens is 2. The van der Waals surface area contributed by atoms with Crippen LogP contribution in [0.2, 0.25) is 0 Å². The molecule has 0 saturated carbocycles. The summed E-state index contributed by atoms with van der Waals surface area (Å²) in [5, 5.41) is 0.528. The number of nitrogen functional groups attached to an aromatic ring is 1. The molecule has 0 amide bonds. The monoisotopic (exact) mass is 335 g/mol. The Balaban J connectivity index is 0.00000100. The molecule has 24 heavy (non-hydrogen) atoms. The molecule has 126 valence electrons. The highest BCUT2D eigenvalue weighted by Crippen LogP contribution is 2.34. The van der Waals surface area contributed by atoms with Gasteiger partial charge in [0.15, 0.2) is 0 Å². The molecule has 0 aliphatic carbocycles. The van der Waals surface area contributed by atoms with E-state index in [1.165, 1.54) is 18.5 Å². The second kappa shape index (κ2) is 7.16. The lowest BCUT2D eigenvalue weighted by Gasteiger charge is -2.11. The third-order valence-electron chi connectivity index (χ3n) is 3.04. The molecular formula is C17H16F3N3O. The van der Waals surface area contributed by atoms with Gasteiger partial charge in [0.25, 0.3) is 0 Å². The van der Waals surface area contributed by atoms with Crippen LogP contribution in [-0.4, -0.2) is 9.97 Å². The van der Waals surface area contributed by atoms with E-state index in [4.69, 9.17) is 10.5 Å². The summed E-state index contributed by atoms with van der Waals surface area (Å²) < 4.78 is 43.6. The average Bonchev–Trinajstić information content (AvgIpc) is 2.57. The first-order valence-electron chi connectivity index (χ1n) is 7.29. The van der Waals surface area contributed by atoms with Crippen LogP contribution in [-0.2, 0) is 6.18 Å². The Morgan fingerprint density at radius 2 is 1.71 bits per heavy atom. The van der Waals surface area contributed by atoms with E-state index in [0.29, 0.717) is 16.6 Å². The minimum absolute atomic E-state index is 0.0391. The van der Waals surface area contributed by atoms with Crippen molar-refractivity contribution in [1.29, 1.82) is 0 Å². The SMILES string of the molecule is CC.Nc1cccc2c(Oc3cccc(C(F)(F)F)c3)ncnc12. The van der Waals surface area contributed by atoms with E-state index in [0.717, 1.165) is 12.1 Å². The predicted molar refractivity (Wildman–Crippen MR) is 86.8 cm³/mol. The molecule has 0 atom stereocenters. The standard InChI is InChI=1S/C15H10F3N3O.C2H6/c16-15(17,18)9-3-1-4-10(7-9)22-14-11-5-2-6-12(19)13(11)20-8-21-14;1-2/h1-8H,19H2;1-2H3. The highest BCUT2D eigenvalue weighted by Gasteiger charge is 2.30. The van der Waals surface area contributed by atoms with Crippen LogP contribution >= 0.6 is 0 Å². The Morgan fingerprint density at radius 1 is 1.00 bits per heavy atom. The second-order valence-electron chi connectivity index (χ2n) is 4.55. The number of rotatable bonds is 2. The third-order valence-corrected chi connectivity index (χ3v) is 3.04. The van der Waals surface area contributed by atoms with Crippen LogP contribution in [0.5, 0.6) is 11.6 Å². The summed E-state index contributed by atoms with van der Waals surface area (Å²) in [5.41, 5.74) is 5.94. The van der Waals surface area contributed by atoms with Gasteiger partial charge >= 0.3 is 6.18 Å². The zero-order valence-electron chi connectivity index (χ0n) is 13.1. The van der Waals surface area contributed by atoms with Crippen molar-refractivity contribution in [2.75, 3.05) is 5.73 Å². The van der Waals surface area contributed by atoms with E-state index in [1.54, 1.807) is 18.2 Å². The number of ether oxygens (including phenoxy) is 1. The maximum atomic E-state index is 12.7. The van der Waals surface area contributed by atoms with Crippen LogP contribution in [0.1, 0.15) is 19.4 Å². The van der Waals surface area contributed by atoms with Gasteiger partial charge in [0.2, 0.25) is 5.88 Å². The van der Waals surface area contributed by atoms with E-state index >= 15 is 0 Å². The van der Waals surface area contributed by atoms with Gasteiger partial charge in [-0.25, -0.2) is 9.97 Å². The second-order valence-corrected chi connectivity index (χ2v) is 4.55. The number of alkyl halides is 3. The molecule has 0 unspecified atom stereocenters. The fourth-order valence-electron chi connectivity index (χ4n) is 2.02. The molecule has 0 aliphatic rings. The normalized spacial score (nSPS) is 10.9. The molecule has 4 nitrogen and oxygen atoms in total. The summed E-state index contributed by atoms with van der Waals surface area (Å²) in [7, 11) is 0. The molecular weight excluding hydrogens is 319 g/mol. The van der Waals surface area contributed by atoms with Gasteiger partial charge < -0.3 is 10.5 Å². The molecule has 3 aromatic rings. The fraction of sp³-hybridized carbons (Fsp3) is 0.176. The van der Waals surface area contributed by atoms with Crippen LogP contribution in [0.3, 0.4) is 0 Å². The van der Waals surface area contributed by atoms with Crippen molar-refractivity contribution in [3.05, 3.63) is 54.4 Å². The van der Waals surface area contributed by atoms with Crippen LogP contribution in [0.4, 0.5) is 18.9 Å². The molecule has 1 aromatic heterocycles. The van der Waals surface area contributed by atoms with Gasteiger partial charge in [-0.3, -0.25) is 0 Å². The largest absolute Gasteiger partial charge is 0.438 e. The van der Waals surface area contributed by atoms with Crippen LogP contribution < -0.4 is 10.5 Å². The molecule has 2 N–H and O–H groups in total. The zero-order chi connectivity index (χ0) is 17.7. The summed E-state index contributed by atoms with van der Waals surface area (Å²) in [4.78, 5) is 8.01. The molecule has 2 aromatic carbocycles. The number of fused-ring (bicyclic) bond motifs is 1. The molecule has 0 saturated heterocycles. The number of para-hydroxylation sites is 1. The molecule has 1 heterocycles. The van der Waals surface area contributed by atoms with Crippen LogP contribution in [0.25, 0.3) is 10.9 Å². The van der Waals surface area contributed by atoms with Gasteiger partial charge in [-0.15, -0.1) is 0 Å². The minimum Gasteiger partial charge on any atom is -0.438 e. The van der Waals surface area contributed by atoms with Gasteiger partial charge in [-0.2, -0.15) is 13.2 Å². The number of anilines is 1. The summed E-state index contributed by atoms with van der Waals surface area (Å²) in [5.74, 6) is 0.189. The van der Waals surface area contributed by atoms with E-state index in [1.807, 2.05) is 13.8 Å². The Bertz CT molecular complexity index is 835. The molecule has 0 bridgehead atoms. The number of nitrogens with two attached hydrogens (primary N) is 1. The maximum absolute atomic E-state index is 12.7. The number of benzene rings is 2. The topological polar surface area (TPSA) is 61.0 Å². The van der Waals surface area contributed by atoms with Crippen molar-refractivity contribution in [1.82, 2.24) is 9.97 Å². The lowest BCUT2D eigenvalue weighted by atomic mass is 10.2. The number of hydrogen-bond donors (Lipinski definition) is 1. The summed E-state index contributed by atoms with van der Waals surface area (Å²) >= 11 is 0. The Hall–Kier alpha value is -2.83. The van der Waals surface area contributed by atoms with Crippen molar-refractivity contribution in [3.8, 4) is 11.6 Å². The van der Waals surface area contributed by atoms with Crippen molar-refractivity contribution >= 4 is 16.6 Å². The van der Waals surface area contributed by atoms with Gasteiger partial charge in [0.1, 0.15) is 17.6 Å².